The monoisotopic (exact) mass is 368 g/mol. The Kier molecular flexibility index (Phi) is 9.04. The fourth-order valence-electron chi connectivity index (χ4n) is 1.57. The van der Waals surface area contributed by atoms with Crippen molar-refractivity contribution in [2.45, 2.75) is 50.1 Å². The summed E-state index contributed by atoms with van der Waals surface area (Å²) >= 11 is 0. The highest BCUT2D eigenvalue weighted by atomic mass is 19.4. The van der Waals surface area contributed by atoms with E-state index < -0.39 is 24.3 Å². The molecule has 0 aromatic heterocycles. The van der Waals surface area contributed by atoms with Crippen LogP contribution < -0.4 is 10.6 Å². The maximum atomic E-state index is 10.6. The largest absolute Gasteiger partial charge is 0.490 e. The maximum Gasteiger partial charge on any atom is 0.490 e. The van der Waals surface area contributed by atoms with Crippen LogP contribution in [0.4, 0.5) is 26.3 Å². The number of carboxylic acids is 2. The van der Waals surface area contributed by atoms with Gasteiger partial charge in [-0.3, -0.25) is 0 Å². The lowest BCUT2D eigenvalue weighted by Gasteiger charge is -2.23. The van der Waals surface area contributed by atoms with E-state index in [1.807, 2.05) is 0 Å². The Labute approximate surface area is 133 Å². The van der Waals surface area contributed by atoms with Gasteiger partial charge in [-0.2, -0.15) is 26.3 Å². The highest BCUT2D eigenvalue weighted by Gasteiger charge is 2.38. The molecule has 6 nitrogen and oxygen atoms in total. The molecule has 24 heavy (non-hydrogen) atoms. The minimum atomic E-state index is -5.08. The van der Waals surface area contributed by atoms with Crippen LogP contribution in [0.1, 0.15) is 25.7 Å². The van der Waals surface area contributed by atoms with Crippen LogP contribution >= 0.6 is 0 Å². The number of nitrogens with one attached hydrogen (secondary N) is 2. The van der Waals surface area contributed by atoms with Crippen molar-refractivity contribution >= 4 is 11.9 Å². The third-order valence-corrected chi connectivity index (χ3v) is 2.87. The molecule has 4 N–H and O–H groups in total. The van der Waals surface area contributed by atoms with Gasteiger partial charge in [0.25, 0.3) is 0 Å². The second kappa shape index (κ2) is 9.67. The Balaban J connectivity index is 0.000000343. The molecule has 1 aliphatic heterocycles. The predicted molar refractivity (Wildman–Crippen MR) is 69.4 cm³/mol. The fourth-order valence-corrected chi connectivity index (χ4v) is 1.57. The van der Waals surface area contributed by atoms with Gasteiger partial charge in [0.2, 0.25) is 0 Å². The first-order chi connectivity index (χ1) is 10.8. The van der Waals surface area contributed by atoms with E-state index >= 15 is 0 Å². The first kappa shape index (κ1) is 22.4. The zero-order chi connectivity index (χ0) is 19.0. The molecule has 0 atom stereocenters. The zero-order valence-corrected chi connectivity index (χ0v) is 12.4. The Bertz CT molecular complexity index is 379. The molecular weight excluding hydrogens is 350 g/mol. The third-order valence-electron chi connectivity index (χ3n) is 2.87. The van der Waals surface area contributed by atoms with Crippen LogP contribution in [0.2, 0.25) is 0 Å². The molecule has 0 aromatic rings. The molecule has 12 heteroatoms. The Morgan fingerprint density at radius 1 is 0.792 bits per heavy atom. The molecule has 2 rings (SSSR count). The van der Waals surface area contributed by atoms with Crippen molar-refractivity contribution in [3.63, 3.8) is 0 Å². The lowest BCUT2D eigenvalue weighted by atomic mass is 10.1. The maximum absolute atomic E-state index is 10.6. The van der Waals surface area contributed by atoms with Gasteiger partial charge in [-0.1, -0.05) is 0 Å². The second-order valence-electron chi connectivity index (χ2n) is 5.07. The van der Waals surface area contributed by atoms with Crippen LogP contribution in [0.15, 0.2) is 0 Å². The number of alkyl halides is 6. The molecule has 0 radical (unpaired) electrons. The van der Waals surface area contributed by atoms with Crippen molar-refractivity contribution in [2.24, 2.45) is 0 Å². The first-order valence-corrected chi connectivity index (χ1v) is 6.91. The lowest BCUT2D eigenvalue weighted by Crippen LogP contribution is -2.40. The molecule has 2 fully saturated rings. The predicted octanol–water partition coefficient (Wildman–Crippen LogP) is 1.76. The van der Waals surface area contributed by atoms with Crippen LogP contribution in [0, 0.1) is 0 Å². The average molecular weight is 368 g/mol. The average Bonchev–Trinajstić information content (AvgIpc) is 3.23. The number of carboxylic acid groups (broad SMARTS) is 2. The van der Waals surface area contributed by atoms with E-state index in [-0.39, 0.29) is 0 Å². The SMILES string of the molecule is C1CC(NC2CC2)CCN1.O=C(O)C(F)(F)F.O=C(O)C(F)(F)F. The molecule has 1 heterocycles. The minimum absolute atomic E-state index is 0.828. The molecule has 0 unspecified atom stereocenters. The van der Waals surface area contributed by atoms with Crippen LogP contribution in [0.3, 0.4) is 0 Å². The number of piperidine rings is 1. The molecule has 0 bridgehead atoms. The Morgan fingerprint density at radius 2 is 1.08 bits per heavy atom. The van der Waals surface area contributed by atoms with Crippen LogP contribution in [0.5, 0.6) is 0 Å². The quantitative estimate of drug-likeness (QED) is 0.555. The molecule has 0 aromatic carbocycles. The number of carbonyl (C=O) groups is 2. The lowest BCUT2D eigenvalue weighted by molar-refractivity contribution is -0.193. The third kappa shape index (κ3) is 11.9. The van der Waals surface area contributed by atoms with Crippen molar-refractivity contribution in [3.8, 4) is 0 Å². The summed E-state index contributed by atoms with van der Waals surface area (Å²) in [5.41, 5.74) is 0. The van der Waals surface area contributed by atoms with Crippen molar-refractivity contribution in [1.82, 2.24) is 10.6 Å². The standard InChI is InChI=1S/C8H16N2.2C2HF3O2/c1-2-7(1)10-8-3-5-9-6-4-8;2*3-2(4,5)1(6)7/h7-10H,1-6H2;2*(H,6,7). The summed E-state index contributed by atoms with van der Waals surface area (Å²) < 4.78 is 63.5. The number of aliphatic carboxylic acids is 2. The van der Waals surface area contributed by atoms with Gasteiger partial charge in [-0.25, -0.2) is 9.59 Å². The number of rotatable bonds is 2. The highest BCUT2D eigenvalue weighted by molar-refractivity contribution is 5.73. The smallest absolute Gasteiger partial charge is 0.475 e. The molecule has 0 amide bonds. The summed E-state index contributed by atoms with van der Waals surface area (Å²) in [6, 6.07) is 1.72. The van der Waals surface area contributed by atoms with E-state index in [0.717, 1.165) is 12.1 Å². The summed E-state index contributed by atoms with van der Waals surface area (Å²) in [7, 11) is 0. The molecule has 142 valence electrons. The van der Waals surface area contributed by atoms with Gasteiger partial charge < -0.3 is 20.8 Å². The molecule has 0 spiro atoms. The summed E-state index contributed by atoms with van der Waals surface area (Å²) in [4.78, 5) is 17.8. The van der Waals surface area contributed by atoms with E-state index in [1.54, 1.807) is 0 Å². The van der Waals surface area contributed by atoms with Crippen molar-refractivity contribution < 1.29 is 46.1 Å². The normalized spacial score (nSPS) is 18.6. The highest BCUT2D eigenvalue weighted by Crippen LogP contribution is 2.21. The first-order valence-electron chi connectivity index (χ1n) is 6.91. The second-order valence-corrected chi connectivity index (χ2v) is 5.07. The molecule has 1 aliphatic carbocycles. The number of hydrogen-bond acceptors (Lipinski definition) is 4. The van der Waals surface area contributed by atoms with Crippen LogP contribution in [-0.2, 0) is 9.59 Å². The van der Waals surface area contributed by atoms with Gasteiger partial charge >= 0.3 is 24.3 Å². The summed E-state index contributed by atoms with van der Waals surface area (Å²) in [6.07, 6.45) is -4.67. The zero-order valence-electron chi connectivity index (χ0n) is 12.4. The van der Waals surface area contributed by atoms with E-state index in [0.29, 0.717) is 0 Å². The van der Waals surface area contributed by atoms with Crippen molar-refractivity contribution in [2.75, 3.05) is 13.1 Å². The summed E-state index contributed by atoms with van der Waals surface area (Å²) in [5.74, 6) is -5.51. The van der Waals surface area contributed by atoms with E-state index in [1.165, 1.54) is 38.8 Å². The molecule has 1 saturated heterocycles. The molecule has 1 saturated carbocycles. The summed E-state index contributed by atoms with van der Waals surface area (Å²) in [6.45, 7) is 2.43. The van der Waals surface area contributed by atoms with Gasteiger partial charge in [0.05, 0.1) is 0 Å². The molecular formula is C12H18F6N2O4. The van der Waals surface area contributed by atoms with Crippen molar-refractivity contribution in [3.05, 3.63) is 0 Å². The van der Waals surface area contributed by atoms with Gasteiger partial charge in [0.15, 0.2) is 0 Å². The Morgan fingerprint density at radius 3 is 1.33 bits per heavy atom. The van der Waals surface area contributed by atoms with Gasteiger partial charge in [0, 0.05) is 12.1 Å². The van der Waals surface area contributed by atoms with E-state index in [4.69, 9.17) is 19.8 Å². The van der Waals surface area contributed by atoms with Crippen molar-refractivity contribution in [1.29, 1.82) is 0 Å². The van der Waals surface area contributed by atoms with E-state index in [9.17, 15) is 26.3 Å². The van der Waals surface area contributed by atoms with Gasteiger partial charge in [-0.15, -0.1) is 0 Å². The minimum Gasteiger partial charge on any atom is -0.475 e. The van der Waals surface area contributed by atoms with Crippen LogP contribution in [-0.4, -0.2) is 59.7 Å². The van der Waals surface area contributed by atoms with Crippen LogP contribution in [0.25, 0.3) is 0 Å². The number of hydrogen-bond donors (Lipinski definition) is 4. The van der Waals surface area contributed by atoms with Gasteiger partial charge in [0.1, 0.15) is 0 Å². The Hall–Kier alpha value is -1.56. The topological polar surface area (TPSA) is 98.7 Å². The summed E-state index contributed by atoms with van der Waals surface area (Å²) in [5, 5.41) is 21.3. The van der Waals surface area contributed by atoms with Gasteiger partial charge in [-0.05, 0) is 38.8 Å². The molecule has 2 aliphatic rings. The van der Waals surface area contributed by atoms with E-state index in [2.05, 4.69) is 10.6 Å². The number of halogens is 6. The fraction of sp³-hybridized carbons (Fsp3) is 0.833.